The number of methoxy groups -OCH3 is 1. The summed E-state index contributed by atoms with van der Waals surface area (Å²) >= 11 is 0. The number of ether oxygens (including phenoxy) is 1. The highest BCUT2D eigenvalue weighted by atomic mass is 16.7. The number of hydrogen-bond donors (Lipinski definition) is 2. The Labute approximate surface area is 135 Å². The quantitative estimate of drug-likeness (QED) is 0.826. The Kier molecular flexibility index (Phi) is 3.12. The lowest BCUT2D eigenvalue weighted by Crippen LogP contribution is -2.46. The zero-order chi connectivity index (χ0) is 16.2. The van der Waals surface area contributed by atoms with Crippen LogP contribution in [0.1, 0.15) is 36.8 Å². The fourth-order valence-electron chi connectivity index (χ4n) is 4.52. The molecule has 3 N–H and O–H groups in total. The van der Waals surface area contributed by atoms with Gasteiger partial charge in [0.25, 0.3) is 0 Å². The van der Waals surface area contributed by atoms with E-state index in [0.717, 1.165) is 37.7 Å². The molecule has 3 aliphatic rings. The number of nitrogens with zero attached hydrogens (tertiary/aromatic N) is 2. The summed E-state index contributed by atoms with van der Waals surface area (Å²) in [6.07, 6.45) is 5.10. The number of fused-ring (bicyclic) bond motifs is 3. The van der Waals surface area contributed by atoms with Crippen molar-refractivity contribution in [3.63, 3.8) is 0 Å². The third-order valence-corrected chi connectivity index (χ3v) is 5.79. The van der Waals surface area contributed by atoms with Crippen LogP contribution in [0.25, 0.3) is 0 Å². The molecule has 2 aliphatic carbocycles. The van der Waals surface area contributed by atoms with Gasteiger partial charge in [-0.1, -0.05) is 6.07 Å². The molecule has 124 valence electrons. The van der Waals surface area contributed by atoms with E-state index in [1.807, 2.05) is 6.07 Å². The zero-order valence-electron chi connectivity index (χ0n) is 13.6. The van der Waals surface area contributed by atoms with Gasteiger partial charge in [-0.2, -0.15) is 0 Å². The normalized spacial score (nSPS) is 35.8. The van der Waals surface area contributed by atoms with Crippen LogP contribution >= 0.6 is 0 Å². The van der Waals surface area contributed by atoms with E-state index in [2.05, 4.69) is 0 Å². The summed E-state index contributed by atoms with van der Waals surface area (Å²) in [5.41, 5.74) is 7.21. The van der Waals surface area contributed by atoms with Gasteiger partial charge in [-0.15, -0.1) is 0 Å². The standard InChI is InChI=1S/C17H23N3O3/c1-20-15(18)19-17(23-20)14-9-12(21)4-3-11(14)10-16(17)7-5-13(22-2)6-8-16/h3-4,9,13,21H,5-8,10H2,1-2H3,(H2,18,19). The number of rotatable bonds is 1. The summed E-state index contributed by atoms with van der Waals surface area (Å²) in [6, 6.07) is 5.50. The average Bonchev–Trinajstić information content (AvgIpc) is 2.97. The fraction of sp³-hybridized carbons (Fsp3) is 0.588. The first kappa shape index (κ1) is 14.8. The molecule has 0 radical (unpaired) electrons. The lowest BCUT2D eigenvalue weighted by Gasteiger charge is -2.45. The number of aromatic hydroxyl groups is 1. The number of guanidine groups is 1. The number of hydrogen-bond acceptors (Lipinski definition) is 6. The minimum absolute atomic E-state index is 0.131. The predicted octanol–water partition coefficient (Wildman–Crippen LogP) is 1.87. The smallest absolute Gasteiger partial charge is 0.220 e. The molecule has 1 aromatic carbocycles. The van der Waals surface area contributed by atoms with Crippen molar-refractivity contribution in [2.24, 2.45) is 16.1 Å². The highest BCUT2D eigenvalue weighted by Gasteiger charge is 2.63. The van der Waals surface area contributed by atoms with Crippen molar-refractivity contribution >= 4 is 5.96 Å². The average molecular weight is 317 g/mol. The van der Waals surface area contributed by atoms with E-state index in [9.17, 15) is 5.11 Å². The van der Waals surface area contributed by atoms with Crippen molar-refractivity contribution in [2.75, 3.05) is 14.2 Å². The van der Waals surface area contributed by atoms with Crippen LogP contribution in [-0.2, 0) is 21.7 Å². The van der Waals surface area contributed by atoms with Crippen molar-refractivity contribution in [2.45, 2.75) is 43.9 Å². The van der Waals surface area contributed by atoms with Gasteiger partial charge < -0.3 is 15.6 Å². The van der Waals surface area contributed by atoms with Gasteiger partial charge in [0, 0.05) is 25.1 Å². The molecule has 6 heteroatoms. The summed E-state index contributed by atoms with van der Waals surface area (Å²) in [4.78, 5) is 11.0. The molecular weight excluding hydrogens is 294 g/mol. The second-order valence-electron chi connectivity index (χ2n) is 6.94. The maximum absolute atomic E-state index is 9.97. The summed E-state index contributed by atoms with van der Waals surface area (Å²) in [7, 11) is 3.55. The second kappa shape index (κ2) is 4.85. The lowest BCUT2D eigenvalue weighted by atomic mass is 9.66. The molecule has 1 unspecified atom stereocenters. The monoisotopic (exact) mass is 317 g/mol. The van der Waals surface area contributed by atoms with E-state index in [1.54, 1.807) is 31.4 Å². The van der Waals surface area contributed by atoms with Crippen molar-refractivity contribution in [1.29, 1.82) is 0 Å². The topological polar surface area (TPSA) is 80.3 Å². The molecule has 0 amide bonds. The van der Waals surface area contributed by atoms with Crippen LogP contribution in [0, 0.1) is 5.41 Å². The van der Waals surface area contributed by atoms with Crippen molar-refractivity contribution < 1.29 is 14.7 Å². The largest absolute Gasteiger partial charge is 0.508 e. The lowest BCUT2D eigenvalue weighted by molar-refractivity contribution is -0.232. The molecule has 23 heavy (non-hydrogen) atoms. The van der Waals surface area contributed by atoms with Gasteiger partial charge in [0.15, 0.2) is 0 Å². The molecule has 1 fully saturated rings. The maximum Gasteiger partial charge on any atom is 0.220 e. The third kappa shape index (κ3) is 1.91. The van der Waals surface area contributed by atoms with Crippen LogP contribution in [0.3, 0.4) is 0 Å². The maximum atomic E-state index is 9.97. The van der Waals surface area contributed by atoms with Crippen LogP contribution < -0.4 is 5.73 Å². The van der Waals surface area contributed by atoms with E-state index in [1.165, 1.54) is 5.56 Å². The Hall–Kier alpha value is -1.79. The van der Waals surface area contributed by atoms with E-state index in [4.69, 9.17) is 20.3 Å². The molecule has 1 atom stereocenters. The molecular formula is C17H23N3O3. The SMILES string of the molecule is COC1CCC2(CC1)Cc1ccc(O)cc1C21N=C(N)N(C)O1. The summed E-state index contributed by atoms with van der Waals surface area (Å²) < 4.78 is 5.53. The molecule has 0 aromatic heterocycles. The van der Waals surface area contributed by atoms with Crippen molar-refractivity contribution in [3.8, 4) is 5.75 Å². The van der Waals surface area contributed by atoms with E-state index >= 15 is 0 Å². The van der Waals surface area contributed by atoms with Gasteiger partial charge in [-0.3, -0.25) is 0 Å². The van der Waals surface area contributed by atoms with Gasteiger partial charge in [0.05, 0.1) is 6.10 Å². The van der Waals surface area contributed by atoms with Crippen LogP contribution in [0.2, 0.25) is 0 Å². The van der Waals surface area contributed by atoms with Gasteiger partial charge in [0.1, 0.15) is 5.75 Å². The number of nitrogens with two attached hydrogens (primary N) is 1. The number of aliphatic imine (C=N–C) groups is 1. The number of phenolic OH excluding ortho intramolecular Hbond substituents is 1. The number of hydroxylamine groups is 2. The summed E-state index contributed by atoms with van der Waals surface area (Å²) in [5, 5.41) is 11.5. The summed E-state index contributed by atoms with van der Waals surface area (Å²) in [6.45, 7) is 0. The molecule has 0 bridgehead atoms. The summed E-state index contributed by atoms with van der Waals surface area (Å²) in [5.74, 6) is 0.618. The van der Waals surface area contributed by atoms with Crippen LogP contribution in [0.15, 0.2) is 23.2 Å². The number of phenols is 1. The van der Waals surface area contributed by atoms with Gasteiger partial charge >= 0.3 is 0 Å². The van der Waals surface area contributed by atoms with Crippen molar-refractivity contribution in [1.82, 2.24) is 5.06 Å². The Balaban J connectivity index is 1.82. The molecule has 0 saturated heterocycles. The second-order valence-corrected chi connectivity index (χ2v) is 6.94. The molecule has 6 nitrogen and oxygen atoms in total. The molecule has 1 saturated carbocycles. The van der Waals surface area contributed by atoms with E-state index in [0.29, 0.717) is 12.1 Å². The minimum Gasteiger partial charge on any atom is -0.508 e. The first-order chi connectivity index (χ1) is 11.0. The van der Waals surface area contributed by atoms with Gasteiger partial charge in [0.2, 0.25) is 11.7 Å². The first-order valence-electron chi connectivity index (χ1n) is 8.13. The van der Waals surface area contributed by atoms with Gasteiger partial charge in [-0.05, 0) is 49.8 Å². The zero-order valence-corrected chi connectivity index (χ0v) is 13.6. The Morgan fingerprint density at radius 3 is 2.74 bits per heavy atom. The predicted molar refractivity (Wildman–Crippen MR) is 85.7 cm³/mol. The number of benzene rings is 1. The molecule has 1 heterocycles. The Morgan fingerprint density at radius 2 is 2.13 bits per heavy atom. The van der Waals surface area contributed by atoms with Crippen LogP contribution in [0.5, 0.6) is 5.75 Å². The molecule has 1 aromatic rings. The van der Waals surface area contributed by atoms with Crippen LogP contribution in [-0.4, -0.2) is 36.4 Å². The van der Waals surface area contributed by atoms with E-state index < -0.39 is 5.72 Å². The van der Waals surface area contributed by atoms with E-state index in [-0.39, 0.29) is 11.2 Å². The Bertz CT molecular complexity index is 667. The Morgan fingerprint density at radius 1 is 1.39 bits per heavy atom. The molecule has 1 aliphatic heterocycles. The van der Waals surface area contributed by atoms with Crippen molar-refractivity contribution in [3.05, 3.63) is 29.3 Å². The van der Waals surface area contributed by atoms with Crippen LogP contribution in [0.4, 0.5) is 0 Å². The highest BCUT2D eigenvalue weighted by molar-refractivity contribution is 5.79. The highest BCUT2D eigenvalue weighted by Crippen LogP contribution is 2.62. The fourth-order valence-corrected chi connectivity index (χ4v) is 4.52. The third-order valence-electron chi connectivity index (χ3n) is 5.79. The molecule has 4 rings (SSSR count). The minimum atomic E-state index is -0.821. The molecule has 2 spiro atoms. The first-order valence-corrected chi connectivity index (χ1v) is 8.13. The van der Waals surface area contributed by atoms with Gasteiger partial charge in [-0.25, -0.2) is 14.9 Å².